The van der Waals surface area contributed by atoms with Crippen molar-refractivity contribution in [3.63, 3.8) is 0 Å². The molecule has 3 unspecified atom stereocenters. The van der Waals surface area contributed by atoms with Crippen molar-refractivity contribution in [1.82, 2.24) is 5.32 Å². The van der Waals surface area contributed by atoms with E-state index in [0.29, 0.717) is 11.3 Å². The SMILES string of the molecule is CC1=C(C(=O)O)C(c2cccc([N+](=O)[O-])c2)C(C)(C(=O)O)C(C)N1. The fraction of sp³-hybridized carbons (Fsp3) is 0.375. The summed E-state index contributed by atoms with van der Waals surface area (Å²) in [6.45, 7) is 4.66. The van der Waals surface area contributed by atoms with Crippen molar-refractivity contribution in [1.29, 1.82) is 0 Å². The molecular formula is C16H18N2O6. The Hall–Kier alpha value is -2.90. The van der Waals surface area contributed by atoms with Gasteiger partial charge in [0.15, 0.2) is 0 Å². The molecule has 0 saturated heterocycles. The summed E-state index contributed by atoms with van der Waals surface area (Å²) in [7, 11) is 0. The van der Waals surface area contributed by atoms with Gasteiger partial charge in [0.2, 0.25) is 0 Å². The molecule has 0 saturated carbocycles. The average Bonchev–Trinajstić information content (AvgIpc) is 2.49. The minimum absolute atomic E-state index is 0.0986. The number of carbonyl (C=O) groups is 2. The van der Waals surface area contributed by atoms with E-state index in [2.05, 4.69) is 5.32 Å². The molecule has 0 fully saturated rings. The maximum absolute atomic E-state index is 12.0. The molecule has 3 atom stereocenters. The Morgan fingerprint density at radius 2 is 1.96 bits per heavy atom. The van der Waals surface area contributed by atoms with Crippen LogP contribution < -0.4 is 5.32 Å². The summed E-state index contributed by atoms with van der Waals surface area (Å²) in [4.78, 5) is 34.2. The molecule has 0 amide bonds. The van der Waals surface area contributed by atoms with Gasteiger partial charge in [-0.15, -0.1) is 0 Å². The number of non-ortho nitro benzene ring substituents is 1. The van der Waals surface area contributed by atoms with Crippen molar-refractivity contribution >= 4 is 17.6 Å². The van der Waals surface area contributed by atoms with Crippen LogP contribution >= 0.6 is 0 Å². The van der Waals surface area contributed by atoms with Gasteiger partial charge < -0.3 is 15.5 Å². The fourth-order valence-corrected chi connectivity index (χ4v) is 3.24. The van der Waals surface area contributed by atoms with Crippen molar-refractivity contribution in [3.8, 4) is 0 Å². The molecule has 0 bridgehead atoms. The van der Waals surface area contributed by atoms with E-state index < -0.39 is 34.2 Å². The van der Waals surface area contributed by atoms with E-state index in [-0.39, 0.29) is 11.3 Å². The maximum Gasteiger partial charge on any atom is 0.333 e. The van der Waals surface area contributed by atoms with Crippen LogP contribution in [0.5, 0.6) is 0 Å². The number of hydrogen-bond donors (Lipinski definition) is 3. The molecule has 0 spiro atoms. The number of nitrogens with one attached hydrogen (secondary N) is 1. The van der Waals surface area contributed by atoms with Crippen LogP contribution in [-0.2, 0) is 9.59 Å². The first kappa shape index (κ1) is 17.5. The molecular weight excluding hydrogens is 316 g/mol. The summed E-state index contributed by atoms with van der Waals surface area (Å²) in [6.07, 6.45) is 0. The number of aliphatic carboxylic acids is 2. The molecule has 8 nitrogen and oxygen atoms in total. The summed E-state index contributed by atoms with van der Waals surface area (Å²) in [5.41, 5.74) is -1.15. The van der Waals surface area contributed by atoms with Gasteiger partial charge in [-0.25, -0.2) is 4.79 Å². The summed E-state index contributed by atoms with van der Waals surface area (Å²) in [5.74, 6) is -3.45. The van der Waals surface area contributed by atoms with E-state index in [1.807, 2.05) is 0 Å². The monoisotopic (exact) mass is 334 g/mol. The molecule has 2 rings (SSSR count). The molecule has 0 aliphatic carbocycles. The second kappa shape index (κ2) is 5.95. The lowest BCUT2D eigenvalue weighted by atomic mass is 9.63. The van der Waals surface area contributed by atoms with E-state index in [0.717, 1.165) is 0 Å². The predicted molar refractivity (Wildman–Crippen MR) is 84.5 cm³/mol. The van der Waals surface area contributed by atoms with E-state index in [1.54, 1.807) is 13.8 Å². The van der Waals surface area contributed by atoms with Crippen LogP contribution in [0, 0.1) is 15.5 Å². The highest BCUT2D eigenvalue weighted by atomic mass is 16.6. The number of benzene rings is 1. The number of nitro groups is 1. The molecule has 1 heterocycles. The van der Waals surface area contributed by atoms with Crippen LogP contribution in [0.15, 0.2) is 35.5 Å². The second-order valence-electron chi connectivity index (χ2n) is 6.08. The summed E-state index contributed by atoms with van der Waals surface area (Å²) >= 11 is 0. The van der Waals surface area contributed by atoms with Gasteiger partial charge in [-0.05, 0) is 26.3 Å². The minimum Gasteiger partial charge on any atom is -0.481 e. The third kappa shape index (κ3) is 2.60. The van der Waals surface area contributed by atoms with E-state index in [1.165, 1.54) is 31.2 Å². The van der Waals surface area contributed by atoms with Crippen LogP contribution in [0.25, 0.3) is 0 Å². The van der Waals surface area contributed by atoms with Crippen LogP contribution in [-0.4, -0.2) is 33.1 Å². The molecule has 0 radical (unpaired) electrons. The van der Waals surface area contributed by atoms with Gasteiger partial charge in [-0.1, -0.05) is 12.1 Å². The van der Waals surface area contributed by atoms with Gasteiger partial charge in [0.05, 0.1) is 15.9 Å². The number of carboxylic acids is 2. The normalized spacial score (nSPS) is 26.6. The molecule has 0 aromatic heterocycles. The number of carboxylic acid groups (broad SMARTS) is 2. The van der Waals surface area contributed by atoms with Gasteiger partial charge in [0.1, 0.15) is 0 Å². The molecule has 1 aromatic rings. The zero-order valence-electron chi connectivity index (χ0n) is 13.4. The zero-order chi connectivity index (χ0) is 18.2. The third-order valence-electron chi connectivity index (χ3n) is 4.73. The van der Waals surface area contributed by atoms with Gasteiger partial charge in [0, 0.05) is 29.8 Å². The van der Waals surface area contributed by atoms with Crippen molar-refractivity contribution < 1.29 is 24.7 Å². The largest absolute Gasteiger partial charge is 0.481 e. The smallest absolute Gasteiger partial charge is 0.333 e. The van der Waals surface area contributed by atoms with Crippen LogP contribution in [0.3, 0.4) is 0 Å². The van der Waals surface area contributed by atoms with Gasteiger partial charge in [-0.3, -0.25) is 14.9 Å². The molecule has 1 aliphatic heterocycles. The molecule has 1 aliphatic rings. The zero-order valence-corrected chi connectivity index (χ0v) is 13.4. The number of nitrogens with zero attached hydrogens (tertiary/aromatic N) is 1. The Bertz CT molecular complexity index is 757. The molecule has 24 heavy (non-hydrogen) atoms. The van der Waals surface area contributed by atoms with Gasteiger partial charge >= 0.3 is 11.9 Å². The number of rotatable bonds is 4. The van der Waals surface area contributed by atoms with Crippen LogP contribution in [0.1, 0.15) is 32.3 Å². The maximum atomic E-state index is 12.0. The molecule has 1 aromatic carbocycles. The van der Waals surface area contributed by atoms with Gasteiger partial charge in [-0.2, -0.15) is 0 Å². The number of hydrogen-bond acceptors (Lipinski definition) is 5. The third-order valence-corrected chi connectivity index (χ3v) is 4.73. The fourth-order valence-electron chi connectivity index (χ4n) is 3.24. The van der Waals surface area contributed by atoms with Crippen molar-refractivity contribution in [2.24, 2.45) is 5.41 Å². The van der Waals surface area contributed by atoms with Crippen LogP contribution in [0.4, 0.5) is 5.69 Å². The highest BCUT2D eigenvalue weighted by Crippen LogP contribution is 2.48. The Kier molecular flexibility index (Phi) is 4.33. The van der Waals surface area contributed by atoms with Crippen molar-refractivity contribution in [2.45, 2.75) is 32.7 Å². The Morgan fingerprint density at radius 3 is 2.46 bits per heavy atom. The molecule has 128 valence electrons. The minimum atomic E-state index is -1.48. The highest BCUT2D eigenvalue weighted by Gasteiger charge is 2.53. The van der Waals surface area contributed by atoms with E-state index in [4.69, 9.17) is 0 Å². The number of nitro benzene ring substituents is 1. The Morgan fingerprint density at radius 1 is 1.33 bits per heavy atom. The van der Waals surface area contributed by atoms with E-state index in [9.17, 15) is 29.9 Å². The summed E-state index contributed by atoms with van der Waals surface area (Å²) < 4.78 is 0. The topological polar surface area (TPSA) is 130 Å². The number of allylic oxidation sites excluding steroid dienone is 1. The van der Waals surface area contributed by atoms with Gasteiger partial charge in [0.25, 0.3) is 5.69 Å². The second-order valence-corrected chi connectivity index (χ2v) is 6.08. The lowest BCUT2D eigenvalue weighted by Gasteiger charge is -2.44. The predicted octanol–water partition coefficient (Wildman–Crippen LogP) is 2.12. The van der Waals surface area contributed by atoms with E-state index >= 15 is 0 Å². The summed E-state index contributed by atoms with van der Waals surface area (Å²) in [5, 5.41) is 33.3. The van der Waals surface area contributed by atoms with Crippen molar-refractivity contribution in [2.75, 3.05) is 0 Å². The first-order valence-electron chi connectivity index (χ1n) is 7.29. The highest BCUT2D eigenvalue weighted by molar-refractivity contribution is 5.93. The summed E-state index contributed by atoms with van der Waals surface area (Å²) in [6, 6.07) is 4.90. The average molecular weight is 334 g/mol. The first-order valence-corrected chi connectivity index (χ1v) is 7.29. The van der Waals surface area contributed by atoms with Crippen LogP contribution in [0.2, 0.25) is 0 Å². The Labute approximate surface area is 137 Å². The lowest BCUT2D eigenvalue weighted by molar-refractivity contribution is -0.384. The Balaban J connectivity index is 2.77. The molecule has 8 heteroatoms. The lowest BCUT2D eigenvalue weighted by Crippen LogP contribution is -2.54. The quantitative estimate of drug-likeness (QED) is 0.568. The standard InChI is InChI=1S/C16H18N2O6/c1-8-12(14(19)20)13(16(3,15(21)22)9(2)17-8)10-5-4-6-11(7-10)18(23)24/h4-7,9,13,17H,1-3H3,(H,19,20)(H,21,22). The first-order chi connectivity index (χ1) is 11.1. The molecule has 3 N–H and O–H groups in total. The van der Waals surface area contributed by atoms with Crippen molar-refractivity contribution in [3.05, 3.63) is 51.2 Å².